The highest BCUT2D eigenvalue weighted by Crippen LogP contribution is 2.38. The van der Waals surface area contributed by atoms with E-state index < -0.39 is 6.09 Å². The summed E-state index contributed by atoms with van der Waals surface area (Å²) in [5.41, 5.74) is 3.96. The van der Waals surface area contributed by atoms with E-state index in [1.54, 1.807) is 11.8 Å². The zero-order chi connectivity index (χ0) is 30.3. The zero-order valence-corrected chi connectivity index (χ0v) is 25.0. The van der Waals surface area contributed by atoms with Gasteiger partial charge < -0.3 is 24.8 Å². The Bertz CT molecular complexity index is 1660. The van der Waals surface area contributed by atoms with Gasteiger partial charge in [-0.3, -0.25) is 14.4 Å². The fourth-order valence-corrected chi connectivity index (χ4v) is 5.75. The van der Waals surface area contributed by atoms with Gasteiger partial charge in [0.05, 0.1) is 28.7 Å². The van der Waals surface area contributed by atoms with Crippen molar-refractivity contribution >= 4 is 39.5 Å². The number of hydrogen-bond donors (Lipinski definition) is 2. The van der Waals surface area contributed by atoms with Gasteiger partial charge in [-0.2, -0.15) is 5.10 Å². The third kappa shape index (κ3) is 5.41. The lowest BCUT2D eigenvalue weighted by Gasteiger charge is -2.44. The van der Waals surface area contributed by atoms with Gasteiger partial charge in [0.2, 0.25) is 0 Å². The molecule has 2 amide bonds. The van der Waals surface area contributed by atoms with Crippen molar-refractivity contribution in [2.75, 3.05) is 31.9 Å². The van der Waals surface area contributed by atoms with E-state index in [2.05, 4.69) is 15.3 Å². The number of ether oxygens (including phenoxy) is 2. The highest BCUT2D eigenvalue weighted by molar-refractivity contribution is 6.06. The summed E-state index contributed by atoms with van der Waals surface area (Å²) >= 11 is 0. The molecule has 0 unspecified atom stereocenters. The molecule has 1 fully saturated rings. The van der Waals surface area contributed by atoms with Crippen molar-refractivity contribution in [1.29, 1.82) is 0 Å². The van der Waals surface area contributed by atoms with Crippen molar-refractivity contribution in [1.82, 2.24) is 30.0 Å². The summed E-state index contributed by atoms with van der Waals surface area (Å²) in [5, 5.41) is 18.7. The van der Waals surface area contributed by atoms with Crippen LogP contribution in [0.1, 0.15) is 43.7 Å². The van der Waals surface area contributed by atoms with Crippen LogP contribution >= 0.6 is 0 Å². The molecule has 2 aromatic heterocycles. The maximum Gasteiger partial charge on any atom is 0.407 e. The molecule has 2 aromatic carbocycles. The van der Waals surface area contributed by atoms with E-state index in [0.717, 1.165) is 22.2 Å². The van der Waals surface area contributed by atoms with E-state index in [-0.39, 0.29) is 36.5 Å². The second-order valence-corrected chi connectivity index (χ2v) is 11.2. The molecule has 1 aliphatic heterocycles. The molecular weight excluding hydrogens is 538 g/mol. The van der Waals surface area contributed by atoms with E-state index >= 15 is 0 Å². The molecule has 4 aromatic rings. The minimum absolute atomic E-state index is 0.0236. The number of anilines is 1. The standard InChI is InChI=1S/C30H37N7O5/c1-16(2)31-29(38)26-22-11-21(36-12-17(3)37(30(39)40)18(4)13-36)8-9-24(22)32-28(33-26)23-10-20-14-35(6)34-25(20)19(5)27(23)42-15-41-7/h8-11,14,16-18H,12-13,15H2,1-7H3,(H,31,38)(H,39,40)/t17-,18+. The monoisotopic (exact) mass is 575 g/mol. The van der Waals surface area contributed by atoms with Gasteiger partial charge >= 0.3 is 6.09 Å². The second kappa shape index (κ2) is 11.4. The van der Waals surface area contributed by atoms with Crippen LogP contribution in [0.5, 0.6) is 5.75 Å². The molecule has 2 atom stereocenters. The number of piperazine rings is 1. The van der Waals surface area contributed by atoms with Gasteiger partial charge in [0.25, 0.3) is 5.91 Å². The first kappa shape index (κ1) is 29.1. The first-order chi connectivity index (χ1) is 20.0. The third-order valence-electron chi connectivity index (χ3n) is 7.48. The predicted molar refractivity (Wildman–Crippen MR) is 160 cm³/mol. The van der Waals surface area contributed by atoms with Crippen LogP contribution in [0.25, 0.3) is 33.2 Å². The fourth-order valence-electron chi connectivity index (χ4n) is 5.75. The van der Waals surface area contributed by atoms with E-state index in [1.807, 2.05) is 72.1 Å². The number of fused-ring (bicyclic) bond motifs is 2. The minimum Gasteiger partial charge on any atom is -0.466 e. The average molecular weight is 576 g/mol. The van der Waals surface area contributed by atoms with Gasteiger partial charge in [0, 0.05) is 61.5 Å². The largest absolute Gasteiger partial charge is 0.466 e. The maximum absolute atomic E-state index is 13.6. The van der Waals surface area contributed by atoms with E-state index in [1.165, 1.54) is 4.90 Å². The van der Waals surface area contributed by atoms with Crippen molar-refractivity contribution in [3.05, 3.63) is 41.7 Å². The topological polar surface area (TPSA) is 135 Å². The second-order valence-electron chi connectivity index (χ2n) is 11.2. The van der Waals surface area contributed by atoms with Crippen LogP contribution in [-0.4, -0.2) is 86.9 Å². The van der Waals surface area contributed by atoms with Crippen LogP contribution in [-0.2, 0) is 11.8 Å². The molecule has 0 radical (unpaired) electrons. The van der Waals surface area contributed by atoms with Crippen molar-refractivity contribution in [2.24, 2.45) is 7.05 Å². The average Bonchev–Trinajstić information content (AvgIpc) is 3.31. The molecule has 12 nitrogen and oxygen atoms in total. The molecule has 0 aliphatic carbocycles. The lowest BCUT2D eigenvalue weighted by Crippen LogP contribution is -2.58. The SMILES string of the molecule is COCOc1c(-c2nc(C(=O)NC(C)C)c3cc(N4C[C@@H](C)N(C(=O)O)[C@@H](C)C4)ccc3n2)cc2cn(C)nc2c1C. The Balaban J connectivity index is 1.66. The molecule has 222 valence electrons. The van der Waals surface area contributed by atoms with Gasteiger partial charge in [-0.15, -0.1) is 0 Å². The Kier molecular flexibility index (Phi) is 7.91. The fraction of sp³-hybridized carbons (Fsp3) is 0.433. The molecule has 1 saturated heterocycles. The number of carbonyl (C=O) groups excluding carboxylic acids is 1. The number of benzene rings is 2. The Morgan fingerprint density at radius 2 is 1.86 bits per heavy atom. The van der Waals surface area contributed by atoms with Crippen LogP contribution in [0.4, 0.5) is 10.5 Å². The highest BCUT2D eigenvalue weighted by atomic mass is 16.7. The minimum atomic E-state index is -0.921. The number of rotatable bonds is 7. The van der Waals surface area contributed by atoms with Crippen molar-refractivity contribution < 1.29 is 24.2 Å². The summed E-state index contributed by atoms with van der Waals surface area (Å²) < 4.78 is 12.9. The Hall–Kier alpha value is -4.45. The Morgan fingerprint density at radius 1 is 1.14 bits per heavy atom. The van der Waals surface area contributed by atoms with Crippen LogP contribution in [0.3, 0.4) is 0 Å². The quantitative estimate of drug-likeness (QED) is 0.311. The number of amides is 2. The summed E-state index contributed by atoms with van der Waals surface area (Å²) in [4.78, 5) is 38.7. The molecule has 0 saturated carbocycles. The maximum atomic E-state index is 13.6. The van der Waals surface area contributed by atoms with Gasteiger partial charge in [0.1, 0.15) is 11.4 Å². The highest BCUT2D eigenvalue weighted by Gasteiger charge is 2.33. The third-order valence-corrected chi connectivity index (χ3v) is 7.48. The smallest absolute Gasteiger partial charge is 0.407 e. The number of aryl methyl sites for hydroxylation is 2. The molecular formula is C30H37N7O5. The van der Waals surface area contributed by atoms with E-state index in [4.69, 9.17) is 19.4 Å². The first-order valence-corrected chi connectivity index (χ1v) is 14.0. The van der Waals surface area contributed by atoms with Gasteiger partial charge in [-0.1, -0.05) is 0 Å². The van der Waals surface area contributed by atoms with Crippen LogP contribution in [0.15, 0.2) is 30.5 Å². The Morgan fingerprint density at radius 3 is 2.50 bits per heavy atom. The number of carbonyl (C=O) groups is 2. The van der Waals surface area contributed by atoms with Crippen molar-refractivity contribution in [3.63, 3.8) is 0 Å². The zero-order valence-electron chi connectivity index (χ0n) is 25.0. The first-order valence-electron chi connectivity index (χ1n) is 14.0. The number of nitrogens with zero attached hydrogens (tertiary/aromatic N) is 6. The molecule has 5 rings (SSSR count). The predicted octanol–water partition coefficient (Wildman–Crippen LogP) is 4.19. The summed E-state index contributed by atoms with van der Waals surface area (Å²) in [6, 6.07) is 7.19. The van der Waals surface area contributed by atoms with E-state index in [9.17, 15) is 14.7 Å². The number of methoxy groups -OCH3 is 1. The molecule has 42 heavy (non-hydrogen) atoms. The van der Waals surface area contributed by atoms with Gasteiger partial charge in [0.15, 0.2) is 12.6 Å². The molecule has 2 N–H and O–H groups in total. The molecule has 1 aliphatic rings. The Labute approximate surface area is 244 Å². The van der Waals surface area contributed by atoms with Crippen LogP contribution in [0.2, 0.25) is 0 Å². The summed E-state index contributed by atoms with van der Waals surface area (Å²) in [7, 11) is 3.41. The summed E-state index contributed by atoms with van der Waals surface area (Å²) in [6.07, 6.45) is 0.993. The van der Waals surface area contributed by atoms with Crippen LogP contribution in [0, 0.1) is 6.92 Å². The van der Waals surface area contributed by atoms with Gasteiger partial charge in [-0.05, 0) is 58.9 Å². The number of nitrogens with one attached hydrogen (secondary N) is 1. The normalized spacial score (nSPS) is 17.3. The molecule has 0 spiro atoms. The molecule has 0 bridgehead atoms. The lowest BCUT2D eigenvalue weighted by atomic mass is 10.0. The number of aromatic nitrogens is 4. The van der Waals surface area contributed by atoms with Gasteiger partial charge in [-0.25, -0.2) is 14.8 Å². The summed E-state index contributed by atoms with van der Waals surface area (Å²) in [6.45, 7) is 10.6. The summed E-state index contributed by atoms with van der Waals surface area (Å²) in [5.74, 6) is 0.571. The molecule has 3 heterocycles. The van der Waals surface area contributed by atoms with Crippen molar-refractivity contribution in [3.8, 4) is 17.1 Å². The van der Waals surface area contributed by atoms with Crippen molar-refractivity contribution in [2.45, 2.75) is 52.7 Å². The number of carboxylic acid groups (broad SMARTS) is 1. The molecule has 12 heteroatoms. The van der Waals surface area contributed by atoms with E-state index in [0.29, 0.717) is 41.1 Å². The van der Waals surface area contributed by atoms with Crippen LogP contribution < -0.4 is 15.0 Å². The number of hydrogen-bond acceptors (Lipinski definition) is 8. The lowest BCUT2D eigenvalue weighted by molar-refractivity contribution is 0.0511.